The molecule has 3 aliphatic rings. The van der Waals surface area contributed by atoms with E-state index >= 15 is 0 Å². The molecule has 116 valence electrons. The van der Waals surface area contributed by atoms with Crippen molar-refractivity contribution in [1.82, 2.24) is 0 Å². The van der Waals surface area contributed by atoms with E-state index in [2.05, 4.69) is 48.2 Å². The summed E-state index contributed by atoms with van der Waals surface area (Å²) in [6.45, 7) is 5.04. The van der Waals surface area contributed by atoms with E-state index in [1.54, 1.807) is 11.1 Å². The lowest BCUT2D eigenvalue weighted by Gasteiger charge is -2.35. The largest absolute Gasteiger partial charge is 0.379 e. The third-order valence-electron chi connectivity index (χ3n) is 5.20. The minimum atomic E-state index is 0.711. The van der Waals surface area contributed by atoms with Crippen LogP contribution in [0.1, 0.15) is 32.6 Å². The van der Waals surface area contributed by atoms with E-state index in [4.69, 9.17) is 4.74 Å². The van der Waals surface area contributed by atoms with Gasteiger partial charge in [0.05, 0.1) is 13.2 Å². The number of hydrogen-bond donors (Lipinski definition) is 0. The number of allylic oxidation sites excluding steroid dienone is 2. The third kappa shape index (κ3) is 2.72. The highest BCUT2D eigenvalue weighted by atomic mass is 16.5. The fraction of sp³-hybridized carbons (Fsp3) is 0.500. The number of rotatable bonds is 2. The molecule has 1 heterocycles. The molecule has 1 aromatic rings. The van der Waals surface area contributed by atoms with Crippen LogP contribution in [-0.4, -0.2) is 19.8 Å². The van der Waals surface area contributed by atoms with Gasteiger partial charge in [-0.1, -0.05) is 30.7 Å². The van der Waals surface area contributed by atoms with Crippen molar-refractivity contribution in [2.45, 2.75) is 32.6 Å². The predicted octanol–water partition coefficient (Wildman–Crippen LogP) is 4.54. The molecule has 0 aromatic heterocycles. The Labute approximate surface area is 133 Å². The molecule has 2 heteroatoms. The molecule has 0 bridgehead atoms. The molecule has 0 saturated heterocycles. The number of nitrogens with zero attached hydrogens (tertiary/aromatic N) is 1. The average molecular weight is 295 g/mol. The molecule has 1 aromatic carbocycles. The first kappa shape index (κ1) is 14.1. The Bertz CT molecular complexity index is 597. The molecule has 1 fully saturated rings. The molecule has 1 atom stereocenters. The van der Waals surface area contributed by atoms with E-state index in [-0.39, 0.29) is 0 Å². The highest BCUT2D eigenvalue weighted by Gasteiger charge is 2.33. The molecule has 0 N–H and O–H groups in total. The summed E-state index contributed by atoms with van der Waals surface area (Å²) in [5.74, 6) is 1.58. The maximum Gasteiger partial charge on any atom is 0.0646 e. The summed E-state index contributed by atoms with van der Waals surface area (Å²) >= 11 is 0. The van der Waals surface area contributed by atoms with Gasteiger partial charge in [-0.25, -0.2) is 0 Å². The molecular formula is C20H25NO. The first-order valence-electron chi connectivity index (χ1n) is 8.67. The maximum absolute atomic E-state index is 5.80. The quantitative estimate of drug-likeness (QED) is 0.794. The van der Waals surface area contributed by atoms with Gasteiger partial charge in [0.25, 0.3) is 0 Å². The van der Waals surface area contributed by atoms with Crippen LogP contribution in [0.4, 0.5) is 5.69 Å². The van der Waals surface area contributed by atoms with Gasteiger partial charge in [0, 0.05) is 17.9 Å². The number of benzene rings is 1. The second kappa shape index (κ2) is 5.92. The number of anilines is 1. The lowest BCUT2D eigenvalue weighted by molar-refractivity contribution is 0.140. The topological polar surface area (TPSA) is 12.5 Å². The van der Waals surface area contributed by atoms with Crippen molar-refractivity contribution in [3.8, 4) is 0 Å². The van der Waals surface area contributed by atoms with Crippen molar-refractivity contribution >= 4 is 5.69 Å². The first-order valence-corrected chi connectivity index (χ1v) is 8.67. The average Bonchev–Trinajstić information content (AvgIpc) is 3.34. The summed E-state index contributed by atoms with van der Waals surface area (Å²) in [7, 11) is 0. The Kier molecular flexibility index (Phi) is 3.79. The van der Waals surface area contributed by atoms with Crippen LogP contribution in [0.3, 0.4) is 0 Å². The molecule has 4 rings (SSSR count). The van der Waals surface area contributed by atoms with E-state index in [1.807, 2.05) is 0 Å². The van der Waals surface area contributed by atoms with Crippen LogP contribution in [0.5, 0.6) is 0 Å². The van der Waals surface area contributed by atoms with Crippen molar-refractivity contribution in [2.75, 3.05) is 24.7 Å². The fourth-order valence-corrected chi connectivity index (χ4v) is 3.88. The summed E-state index contributed by atoms with van der Waals surface area (Å²) in [5.41, 5.74) is 6.04. The van der Waals surface area contributed by atoms with Crippen molar-refractivity contribution in [2.24, 2.45) is 11.8 Å². The summed E-state index contributed by atoms with van der Waals surface area (Å²) < 4.78 is 5.80. The van der Waals surface area contributed by atoms with Crippen LogP contribution in [-0.2, 0) is 4.74 Å². The van der Waals surface area contributed by atoms with Crippen LogP contribution in [0.15, 0.2) is 53.3 Å². The Morgan fingerprint density at radius 2 is 1.91 bits per heavy atom. The lowest BCUT2D eigenvalue weighted by atomic mass is 9.83. The van der Waals surface area contributed by atoms with Crippen LogP contribution in [0, 0.1) is 11.8 Å². The van der Waals surface area contributed by atoms with Crippen molar-refractivity contribution in [3.63, 3.8) is 0 Å². The van der Waals surface area contributed by atoms with Gasteiger partial charge >= 0.3 is 0 Å². The highest BCUT2D eigenvalue weighted by Crippen LogP contribution is 2.46. The van der Waals surface area contributed by atoms with E-state index in [9.17, 15) is 0 Å². The normalized spacial score (nSPS) is 26.1. The standard InChI is InChI=1S/C20H25NO/c1-15-13-17-9-11-22-12-10-21(18-5-3-2-4-6-18)20(17)14-19(15)16-7-8-16/h2-6,14-16H,7-13H2,1H3. The zero-order chi connectivity index (χ0) is 14.9. The van der Waals surface area contributed by atoms with Gasteiger partial charge in [-0.15, -0.1) is 0 Å². The first-order chi connectivity index (χ1) is 10.8. The molecule has 2 aliphatic carbocycles. The SMILES string of the molecule is CC1CC2=C(C=C1C1CC1)N(c1ccccc1)CCOCC2. The maximum atomic E-state index is 5.80. The van der Waals surface area contributed by atoms with Gasteiger partial charge in [-0.3, -0.25) is 0 Å². The highest BCUT2D eigenvalue weighted by molar-refractivity contribution is 5.57. The number of hydrogen-bond acceptors (Lipinski definition) is 2. The predicted molar refractivity (Wildman–Crippen MR) is 90.8 cm³/mol. The lowest BCUT2D eigenvalue weighted by Crippen LogP contribution is -2.31. The summed E-state index contributed by atoms with van der Waals surface area (Å²) in [6, 6.07) is 10.8. The van der Waals surface area contributed by atoms with Crippen molar-refractivity contribution in [1.29, 1.82) is 0 Å². The molecule has 1 unspecified atom stereocenters. The molecular weight excluding hydrogens is 270 g/mol. The van der Waals surface area contributed by atoms with Gasteiger partial charge in [-0.2, -0.15) is 0 Å². The summed E-state index contributed by atoms with van der Waals surface area (Å²) in [5, 5.41) is 0. The van der Waals surface area contributed by atoms with E-state index < -0.39 is 0 Å². The van der Waals surface area contributed by atoms with Gasteiger partial charge in [0.15, 0.2) is 0 Å². The minimum absolute atomic E-state index is 0.711. The fourth-order valence-electron chi connectivity index (χ4n) is 3.88. The van der Waals surface area contributed by atoms with Gasteiger partial charge in [-0.05, 0) is 61.3 Å². The zero-order valence-electron chi connectivity index (χ0n) is 13.4. The minimum Gasteiger partial charge on any atom is -0.379 e. The smallest absolute Gasteiger partial charge is 0.0646 e. The molecule has 2 nitrogen and oxygen atoms in total. The van der Waals surface area contributed by atoms with Crippen molar-refractivity contribution in [3.05, 3.63) is 53.3 Å². The molecule has 0 amide bonds. The Hall–Kier alpha value is -1.54. The third-order valence-corrected chi connectivity index (χ3v) is 5.20. The van der Waals surface area contributed by atoms with Crippen LogP contribution >= 0.6 is 0 Å². The summed E-state index contributed by atoms with van der Waals surface area (Å²) in [6.07, 6.45) is 7.61. The molecule has 0 spiro atoms. The molecule has 22 heavy (non-hydrogen) atoms. The number of ether oxygens (including phenoxy) is 1. The molecule has 0 radical (unpaired) electrons. The van der Waals surface area contributed by atoms with Gasteiger partial charge < -0.3 is 9.64 Å². The Morgan fingerprint density at radius 3 is 2.68 bits per heavy atom. The van der Waals surface area contributed by atoms with Gasteiger partial charge in [0.1, 0.15) is 0 Å². The van der Waals surface area contributed by atoms with E-state index in [0.29, 0.717) is 5.92 Å². The van der Waals surface area contributed by atoms with E-state index in [1.165, 1.54) is 30.6 Å². The van der Waals surface area contributed by atoms with Gasteiger partial charge in [0.2, 0.25) is 0 Å². The van der Waals surface area contributed by atoms with Crippen LogP contribution < -0.4 is 4.90 Å². The van der Waals surface area contributed by atoms with Crippen LogP contribution in [0.25, 0.3) is 0 Å². The summed E-state index contributed by atoms with van der Waals surface area (Å²) in [4.78, 5) is 2.47. The number of para-hydroxylation sites is 1. The Morgan fingerprint density at radius 1 is 1.09 bits per heavy atom. The van der Waals surface area contributed by atoms with E-state index in [0.717, 1.165) is 32.1 Å². The monoisotopic (exact) mass is 295 g/mol. The Balaban J connectivity index is 1.75. The zero-order valence-corrected chi connectivity index (χ0v) is 13.4. The molecule has 1 saturated carbocycles. The second-order valence-corrected chi connectivity index (χ2v) is 6.86. The van der Waals surface area contributed by atoms with Crippen molar-refractivity contribution < 1.29 is 4.74 Å². The second-order valence-electron chi connectivity index (χ2n) is 6.86. The molecule has 1 aliphatic heterocycles. The van der Waals surface area contributed by atoms with Crippen LogP contribution in [0.2, 0.25) is 0 Å².